The third-order valence-corrected chi connectivity index (χ3v) is 2.95. The number of amides is 1. The minimum absolute atomic E-state index is 0. The molecule has 1 atom stereocenters. The second kappa shape index (κ2) is 7.46. The molecule has 0 aromatic heterocycles. The number of likely N-dealkylation sites (N-methyl/N-ethyl adjacent to an activating group) is 1. The van der Waals surface area contributed by atoms with Crippen LogP contribution in [0.15, 0.2) is 12.1 Å². The molecule has 0 fully saturated rings. The van der Waals surface area contributed by atoms with Crippen molar-refractivity contribution in [2.45, 2.75) is 26.1 Å². The zero-order valence-electron chi connectivity index (χ0n) is 12.0. The van der Waals surface area contributed by atoms with E-state index in [0.717, 1.165) is 0 Å². The Labute approximate surface area is 132 Å². The molecule has 9 heteroatoms. The highest BCUT2D eigenvalue weighted by molar-refractivity contribution is 5.85. The molecule has 1 amide bonds. The van der Waals surface area contributed by atoms with E-state index in [9.17, 15) is 13.6 Å². The average molecular weight is 339 g/mol. The van der Waals surface area contributed by atoms with Gasteiger partial charge in [0.1, 0.15) is 5.75 Å². The SMILES string of the molecule is C[C@H](N)C(=O)N(C)Cc1cc2c(cc1OC(F)F)OCO2.Cl. The van der Waals surface area contributed by atoms with Crippen molar-refractivity contribution in [3.05, 3.63) is 17.7 Å². The number of fused-ring (bicyclic) bond motifs is 1. The summed E-state index contributed by atoms with van der Waals surface area (Å²) in [4.78, 5) is 13.1. The average Bonchev–Trinajstić information content (AvgIpc) is 2.84. The van der Waals surface area contributed by atoms with Gasteiger partial charge in [-0.05, 0) is 13.0 Å². The van der Waals surface area contributed by atoms with Crippen LogP contribution >= 0.6 is 12.4 Å². The van der Waals surface area contributed by atoms with Crippen molar-refractivity contribution in [1.29, 1.82) is 0 Å². The smallest absolute Gasteiger partial charge is 0.387 e. The van der Waals surface area contributed by atoms with Crippen LogP contribution in [0.1, 0.15) is 12.5 Å². The molecule has 0 radical (unpaired) electrons. The Morgan fingerprint density at radius 3 is 2.55 bits per heavy atom. The fraction of sp³-hybridized carbons (Fsp3) is 0.462. The van der Waals surface area contributed by atoms with Crippen molar-refractivity contribution in [2.24, 2.45) is 5.73 Å². The van der Waals surface area contributed by atoms with Gasteiger partial charge in [0.2, 0.25) is 12.7 Å². The van der Waals surface area contributed by atoms with Crippen molar-refractivity contribution in [3.8, 4) is 17.2 Å². The number of nitrogens with two attached hydrogens (primary N) is 1. The molecule has 124 valence electrons. The van der Waals surface area contributed by atoms with E-state index >= 15 is 0 Å². The molecule has 1 aromatic rings. The molecule has 1 aromatic carbocycles. The minimum atomic E-state index is -2.97. The van der Waals surface area contributed by atoms with Gasteiger partial charge in [0.05, 0.1) is 6.04 Å². The maximum Gasteiger partial charge on any atom is 0.387 e. The van der Waals surface area contributed by atoms with Crippen molar-refractivity contribution < 1.29 is 27.8 Å². The van der Waals surface area contributed by atoms with E-state index < -0.39 is 12.7 Å². The van der Waals surface area contributed by atoms with Crippen LogP contribution in [-0.2, 0) is 11.3 Å². The maximum absolute atomic E-state index is 12.5. The molecule has 0 saturated carbocycles. The predicted molar refractivity (Wildman–Crippen MR) is 76.6 cm³/mol. The zero-order chi connectivity index (χ0) is 15.6. The molecule has 0 spiro atoms. The largest absolute Gasteiger partial charge is 0.454 e. The Hall–Kier alpha value is -1.80. The number of nitrogens with zero attached hydrogens (tertiary/aromatic N) is 1. The Bertz CT molecular complexity index is 543. The number of benzene rings is 1. The van der Waals surface area contributed by atoms with E-state index in [1.165, 1.54) is 24.1 Å². The molecule has 0 unspecified atom stereocenters. The number of carbonyl (C=O) groups excluding carboxylic acids is 1. The fourth-order valence-electron chi connectivity index (χ4n) is 1.98. The number of hydrogen-bond donors (Lipinski definition) is 1. The Morgan fingerprint density at radius 1 is 1.41 bits per heavy atom. The first-order valence-corrected chi connectivity index (χ1v) is 6.26. The molecule has 1 aliphatic rings. The minimum Gasteiger partial charge on any atom is -0.454 e. The van der Waals surface area contributed by atoms with Gasteiger partial charge in [0, 0.05) is 25.2 Å². The van der Waals surface area contributed by atoms with Crippen LogP contribution in [0.4, 0.5) is 8.78 Å². The number of rotatable bonds is 5. The van der Waals surface area contributed by atoms with Gasteiger partial charge in [-0.2, -0.15) is 8.78 Å². The second-order valence-corrected chi connectivity index (χ2v) is 4.67. The summed E-state index contributed by atoms with van der Waals surface area (Å²) < 4.78 is 39.8. The van der Waals surface area contributed by atoms with Gasteiger partial charge in [-0.3, -0.25) is 4.79 Å². The number of hydrogen-bond acceptors (Lipinski definition) is 5. The van der Waals surface area contributed by atoms with Gasteiger partial charge in [-0.15, -0.1) is 12.4 Å². The summed E-state index contributed by atoms with van der Waals surface area (Å²) in [6.07, 6.45) is 0. The Morgan fingerprint density at radius 2 is 2.00 bits per heavy atom. The Balaban J connectivity index is 0.00000242. The topological polar surface area (TPSA) is 74.0 Å². The van der Waals surface area contributed by atoms with Crippen molar-refractivity contribution in [2.75, 3.05) is 13.8 Å². The number of carbonyl (C=O) groups is 1. The third-order valence-electron chi connectivity index (χ3n) is 2.95. The van der Waals surface area contributed by atoms with Crippen LogP contribution in [0.2, 0.25) is 0 Å². The molecule has 0 bridgehead atoms. The first-order valence-electron chi connectivity index (χ1n) is 6.26. The van der Waals surface area contributed by atoms with Crippen LogP contribution in [0, 0.1) is 0 Å². The van der Waals surface area contributed by atoms with Gasteiger partial charge in [-0.1, -0.05) is 0 Å². The highest BCUT2D eigenvalue weighted by Crippen LogP contribution is 2.39. The van der Waals surface area contributed by atoms with E-state index in [4.69, 9.17) is 15.2 Å². The number of alkyl halides is 2. The van der Waals surface area contributed by atoms with Crippen molar-refractivity contribution in [1.82, 2.24) is 4.90 Å². The lowest BCUT2D eigenvalue weighted by atomic mass is 10.1. The number of halogens is 3. The van der Waals surface area contributed by atoms with Crippen molar-refractivity contribution >= 4 is 18.3 Å². The predicted octanol–water partition coefficient (Wildman–Crippen LogP) is 1.74. The molecule has 0 saturated heterocycles. The van der Waals surface area contributed by atoms with E-state index in [1.807, 2.05) is 0 Å². The van der Waals surface area contributed by atoms with E-state index in [1.54, 1.807) is 6.92 Å². The summed E-state index contributed by atoms with van der Waals surface area (Å²) >= 11 is 0. The first kappa shape index (κ1) is 18.2. The van der Waals surface area contributed by atoms with Gasteiger partial charge < -0.3 is 24.8 Å². The normalized spacial score (nSPS) is 13.5. The van der Waals surface area contributed by atoms with Crippen molar-refractivity contribution in [3.63, 3.8) is 0 Å². The molecule has 2 N–H and O–H groups in total. The molecule has 6 nitrogen and oxygen atoms in total. The van der Waals surface area contributed by atoms with Crippen LogP contribution < -0.4 is 19.9 Å². The molecular formula is C13H17ClF2N2O4. The zero-order valence-corrected chi connectivity index (χ0v) is 12.9. The summed E-state index contributed by atoms with van der Waals surface area (Å²) in [6, 6.07) is 2.17. The van der Waals surface area contributed by atoms with Crippen LogP contribution in [-0.4, -0.2) is 37.3 Å². The molecule has 1 heterocycles. The maximum atomic E-state index is 12.5. The van der Waals surface area contributed by atoms with Gasteiger partial charge in [-0.25, -0.2) is 0 Å². The molecule has 1 aliphatic heterocycles. The lowest BCUT2D eigenvalue weighted by Gasteiger charge is -2.21. The molecule has 22 heavy (non-hydrogen) atoms. The number of ether oxygens (including phenoxy) is 3. The van der Waals surface area contributed by atoms with Crippen LogP contribution in [0.5, 0.6) is 17.2 Å². The molecule has 2 rings (SSSR count). The lowest BCUT2D eigenvalue weighted by molar-refractivity contribution is -0.131. The standard InChI is InChI=1S/C13H16F2N2O4.ClH/c1-7(16)12(18)17(2)5-8-3-10-11(20-6-19-10)4-9(8)21-13(14)15;/h3-4,7,13H,5-6,16H2,1-2H3;1H/t7-;/m0./s1. The third kappa shape index (κ3) is 4.11. The van der Waals surface area contributed by atoms with E-state index in [-0.39, 0.29) is 37.4 Å². The highest BCUT2D eigenvalue weighted by Gasteiger charge is 2.22. The lowest BCUT2D eigenvalue weighted by Crippen LogP contribution is -2.39. The van der Waals surface area contributed by atoms with Gasteiger partial charge in [0.25, 0.3) is 0 Å². The first-order chi connectivity index (χ1) is 9.88. The summed E-state index contributed by atoms with van der Waals surface area (Å²) in [5.74, 6) is 0.387. The summed E-state index contributed by atoms with van der Waals surface area (Å²) in [6.45, 7) is -1.34. The molecule has 0 aliphatic carbocycles. The summed E-state index contributed by atoms with van der Waals surface area (Å²) in [5, 5.41) is 0. The Kier molecular flexibility index (Phi) is 6.19. The van der Waals surface area contributed by atoms with Gasteiger partial charge >= 0.3 is 6.61 Å². The van der Waals surface area contributed by atoms with E-state index in [0.29, 0.717) is 17.1 Å². The summed E-state index contributed by atoms with van der Waals surface area (Å²) in [7, 11) is 1.53. The second-order valence-electron chi connectivity index (χ2n) is 4.67. The van der Waals surface area contributed by atoms with Crippen LogP contribution in [0.3, 0.4) is 0 Å². The van der Waals surface area contributed by atoms with Crippen LogP contribution in [0.25, 0.3) is 0 Å². The fourth-order valence-corrected chi connectivity index (χ4v) is 1.98. The highest BCUT2D eigenvalue weighted by atomic mass is 35.5. The quantitative estimate of drug-likeness (QED) is 0.885. The monoisotopic (exact) mass is 338 g/mol. The van der Waals surface area contributed by atoms with Gasteiger partial charge in [0.15, 0.2) is 11.5 Å². The van der Waals surface area contributed by atoms with E-state index in [2.05, 4.69) is 4.74 Å². The summed E-state index contributed by atoms with van der Waals surface area (Å²) in [5.41, 5.74) is 5.90. The molecular weight excluding hydrogens is 322 g/mol.